The van der Waals surface area contributed by atoms with Crippen molar-refractivity contribution in [2.45, 2.75) is 0 Å². The summed E-state index contributed by atoms with van der Waals surface area (Å²) in [6.45, 7) is 0. The summed E-state index contributed by atoms with van der Waals surface area (Å²) in [4.78, 5) is 17.2. The summed E-state index contributed by atoms with van der Waals surface area (Å²) in [5.74, 6) is 0. The highest BCUT2D eigenvalue weighted by Gasteiger charge is 2.16. The Balaban J connectivity index is 1.43. The molecule has 0 aliphatic carbocycles. The van der Waals surface area contributed by atoms with E-state index in [9.17, 15) is 10.1 Å². The third-order valence-electron chi connectivity index (χ3n) is 5.88. The molecule has 176 valence electrons. The molecule has 0 N–H and O–H groups in total. The third kappa shape index (κ3) is 4.38. The minimum absolute atomic E-state index is 0.361. The topological polar surface area (TPSA) is 84.7 Å². The Morgan fingerprint density at radius 1 is 0.973 bits per heavy atom. The Morgan fingerprint density at radius 3 is 2.49 bits per heavy atom. The quantitative estimate of drug-likeness (QED) is 0.192. The highest BCUT2D eigenvalue weighted by molar-refractivity contribution is 7.11. The van der Waals surface area contributed by atoms with Crippen molar-refractivity contribution in [1.82, 2.24) is 14.8 Å². The number of hydrogen-bond acceptors (Lipinski definition) is 6. The number of hydrogen-bond donors (Lipinski definition) is 0. The normalized spacial score (nSPS) is 11.5. The summed E-state index contributed by atoms with van der Waals surface area (Å²) in [6.07, 6.45) is 3.70. The average molecular weight is 499 g/mol. The van der Waals surface area contributed by atoms with Crippen LogP contribution in [0.4, 0.5) is 0 Å². The van der Waals surface area contributed by atoms with Gasteiger partial charge in [0.1, 0.15) is 16.7 Å². The summed E-state index contributed by atoms with van der Waals surface area (Å²) in [5.41, 5.74) is 4.67. The van der Waals surface area contributed by atoms with Gasteiger partial charge in [0.25, 0.3) is 0 Å². The molecule has 0 bridgehead atoms. The molecule has 0 spiro atoms. The fraction of sp³-hybridized carbons (Fsp3) is 0. The van der Waals surface area contributed by atoms with E-state index in [1.807, 2.05) is 85.1 Å². The number of rotatable bonds is 5. The zero-order chi connectivity index (χ0) is 25.2. The first kappa shape index (κ1) is 22.4. The molecule has 0 aliphatic rings. The Bertz CT molecular complexity index is 1860. The minimum Gasteiger partial charge on any atom is -0.422 e. The number of benzene rings is 3. The molecule has 0 aliphatic heterocycles. The van der Waals surface area contributed by atoms with Crippen molar-refractivity contribution in [1.29, 1.82) is 5.26 Å². The van der Waals surface area contributed by atoms with Crippen LogP contribution >= 0.6 is 11.3 Å². The first-order valence-electron chi connectivity index (χ1n) is 11.5. The SMILES string of the molecule is N#CC(=Cc1cn(-c2ccccc2)nc1-c1ccccc1)c1nc(-c2cc3ccccc3oc2=O)cs1. The van der Waals surface area contributed by atoms with Gasteiger partial charge in [-0.15, -0.1) is 11.3 Å². The van der Waals surface area contributed by atoms with Crippen molar-refractivity contribution in [3.05, 3.63) is 124 Å². The number of nitriles is 1. The monoisotopic (exact) mass is 498 g/mol. The van der Waals surface area contributed by atoms with E-state index in [0.717, 1.165) is 27.9 Å². The standard InChI is InChI=1S/C30H18N4O2S/c31-17-22(29-32-26(19-37-29)25-16-21-11-7-8-14-27(21)36-30(25)35)15-23-18-34(24-12-5-2-6-13-24)33-28(23)20-9-3-1-4-10-20/h1-16,18-19H. The fourth-order valence-electron chi connectivity index (χ4n) is 4.09. The van der Waals surface area contributed by atoms with Crippen LogP contribution in [0.15, 0.2) is 112 Å². The van der Waals surface area contributed by atoms with E-state index in [-0.39, 0.29) is 0 Å². The first-order chi connectivity index (χ1) is 18.2. The first-order valence-corrected chi connectivity index (χ1v) is 12.4. The van der Waals surface area contributed by atoms with Crippen molar-refractivity contribution in [2.24, 2.45) is 0 Å². The summed E-state index contributed by atoms with van der Waals surface area (Å²) in [6, 6.07) is 31.0. The second kappa shape index (κ2) is 9.53. The van der Waals surface area contributed by atoms with E-state index in [4.69, 9.17) is 9.52 Å². The number of fused-ring (bicyclic) bond motifs is 1. The predicted octanol–water partition coefficient (Wildman–Crippen LogP) is 6.83. The maximum atomic E-state index is 12.6. The molecule has 6 nitrogen and oxygen atoms in total. The van der Waals surface area contributed by atoms with Crippen LogP contribution in [0.3, 0.4) is 0 Å². The van der Waals surface area contributed by atoms with Crippen LogP contribution in [0.1, 0.15) is 10.6 Å². The molecule has 0 saturated heterocycles. The van der Waals surface area contributed by atoms with Gasteiger partial charge >= 0.3 is 5.63 Å². The molecule has 6 rings (SSSR count). The van der Waals surface area contributed by atoms with Crippen LogP contribution in [0, 0.1) is 11.3 Å². The molecule has 6 aromatic rings. The third-order valence-corrected chi connectivity index (χ3v) is 6.76. The zero-order valence-electron chi connectivity index (χ0n) is 19.4. The van der Waals surface area contributed by atoms with E-state index in [2.05, 4.69) is 11.1 Å². The highest BCUT2D eigenvalue weighted by Crippen LogP contribution is 2.30. The molecule has 3 aromatic heterocycles. The minimum atomic E-state index is -0.464. The molecule has 0 fully saturated rings. The lowest BCUT2D eigenvalue weighted by Gasteiger charge is -2.00. The molecule has 0 atom stereocenters. The average Bonchev–Trinajstić information content (AvgIpc) is 3.60. The van der Waals surface area contributed by atoms with Gasteiger partial charge in [0.05, 0.1) is 28.2 Å². The number of thiazole rings is 1. The maximum Gasteiger partial charge on any atom is 0.345 e. The van der Waals surface area contributed by atoms with Crippen molar-refractivity contribution >= 4 is 34.0 Å². The zero-order valence-corrected chi connectivity index (χ0v) is 20.2. The lowest BCUT2D eigenvalue weighted by molar-refractivity contribution is 0.563. The van der Waals surface area contributed by atoms with E-state index in [0.29, 0.717) is 27.4 Å². The molecular formula is C30H18N4O2S. The molecule has 0 radical (unpaired) electrons. The molecular weight excluding hydrogens is 480 g/mol. The van der Waals surface area contributed by atoms with Crippen LogP contribution in [-0.2, 0) is 0 Å². The smallest absolute Gasteiger partial charge is 0.345 e. The van der Waals surface area contributed by atoms with Gasteiger partial charge in [-0.05, 0) is 30.3 Å². The number of nitrogens with zero attached hydrogens (tertiary/aromatic N) is 4. The van der Waals surface area contributed by atoms with Crippen LogP contribution in [0.25, 0.3) is 50.8 Å². The lowest BCUT2D eigenvalue weighted by atomic mass is 10.1. The van der Waals surface area contributed by atoms with Gasteiger partial charge in [0.2, 0.25) is 0 Å². The number of aromatic nitrogens is 3. The van der Waals surface area contributed by atoms with Crippen molar-refractivity contribution in [2.75, 3.05) is 0 Å². The molecule has 37 heavy (non-hydrogen) atoms. The van der Waals surface area contributed by atoms with Crippen molar-refractivity contribution in [3.63, 3.8) is 0 Å². The Labute approximate surface area is 216 Å². The summed E-state index contributed by atoms with van der Waals surface area (Å²) < 4.78 is 7.27. The van der Waals surface area contributed by atoms with Crippen LogP contribution in [0.2, 0.25) is 0 Å². The Kier molecular flexibility index (Phi) is 5.77. The van der Waals surface area contributed by atoms with Gasteiger partial charge in [-0.2, -0.15) is 10.4 Å². The van der Waals surface area contributed by atoms with Gasteiger partial charge in [-0.3, -0.25) is 0 Å². The molecule has 7 heteroatoms. The van der Waals surface area contributed by atoms with E-state index >= 15 is 0 Å². The van der Waals surface area contributed by atoms with Gasteiger partial charge < -0.3 is 4.42 Å². The summed E-state index contributed by atoms with van der Waals surface area (Å²) >= 11 is 1.31. The summed E-state index contributed by atoms with van der Waals surface area (Å²) in [5, 5.41) is 18.0. The molecule has 0 unspecified atom stereocenters. The van der Waals surface area contributed by atoms with E-state index < -0.39 is 5.63 Å². The van der Waals surface area contributed by atoms with E-state index in [1.165, 1.54) is 11.3 Å². The highest BCUT2D eigenvalue weighted by atomic mass is 32.1. The number of allylic oxidation sites excluding steroid dienone is 1. The van der Waals surface area contributed by atoms with Crippen LogP contribution < -0.4 is 5.63 Å². The fourth-order valence-corrected chi connectivity index (χ4v) is 4.87. The largest absolute Gasteiger partial charge is 0.422 e. The molecule has 3 aromatic carbocycles. The predicted molar refractivity (Wildman–Crippen MR) is 146 cm³/mol. The van der Waals surface area contributed by atoms with Crippen LogP contribution in [-0.4, -0.2) is 14.8 Å². The Morgan fingerprint density at radius 2 is 1.70 bits per heavy atom. The van der Waals surface area contributed by atoms with Crippen molar-refractivity contribution in [3.8, 4) is 34.3 Å². The van der Waals surface area contributed by atoms with Gasteiger partial charge in [-0.25, -0.2) is 14.5 Å². The van der Waals surface area contributed by atoms with Gasteiger partial charge in [0.15, 0.2) is 0 Å². The van der Waals surface area contributed by atoms with Gasteiger partial charge in [0, 0.05) is 28.1 Å². The maximum absolute atomic E-state index is 12.6. The number of para-hydroxylation sites is 2. The second-order valence-corrected chi connectivity index (χ2v) is 9.13. The molecule has 3 heterocycles. The van der Waals surface area contributed by atoms with Gasteiger partial charge in [-0.1, -0.05) is 66.7 Å². The summed E-state index contributed by atoms with van der Waals surface area (Å²) in [7, 11) is 0. The Hall–Kier alpha value is -5.06. The van der Waals surface area contributed by atoms with Crippen LogP contribution in [0.5, 0.6) is 0 Å². The second-order valence-electron chi connectivity index (χ2n) is 8.27. The molecule has 0 amide bonds. The molecule has 0 saturated carbocycles. The van der Waals surface area contributed by atoms with Crippen molar-refractivity contribution < 1.29 is 4.42 Å². The van der Waals surface area contributed by atoms with E-state index in [1.54, 1.807) is 28.3 Å². The lowest BCUT2D eigenvalue weighted by Crippen LogP contribution is -2.02.